The topological polar surface area (TPSA) is 84.6 Å². The van der Waals surface area contributed by atoms with Crippen molar-refractivity contribution in [3.63, 3.8) is 0 Å². The number of oxazole rings is 1. The van der Waals surface area contributed by atoms with Crippen molar-refractivity contribution in [2.75, 3.05) is 12.4 Å². The van der Waals surface area contributed by atoms with E-state index >= 15 is 0 Å². The zero-order chi connectivity index (χ0) is 16.4. The van der Waals surface area contributed by atoms with Gasteiger partial charge in [-0.3, -0.25) is 4.79 Å². The van der Waals surface area contributed by atoms with Gasteiger partial charge in [0.05, 0.1) is 13.0 Å². The first kappa shape index (κ1) is 14.9. The minimum absolute atomic E-state index is 0.352. The highest BCUT2D eigenvalue weighted by molar-refractivity contribution is 5.80. The van der Waals surface area contributed by atoms with E-state index < -0.39 is 11.9 Å². The van der Waals surface area contributed by atoms with Crippen LogP contribution in [0.2, 0.25) is 0 Å². The van der Waals surface area contributed by atoms with Gasteiger partial charge in [-0.05, 0) is 48.9 Å². The third-order valence-corrected chi connectivity index (χ3v) is 3.62. The van der Waals surface area contributed by atoms with Gasteiger partial charge >= 0.3 is 5.97 Å². The molecule has 2 aromatic carbocycles. The lowest BCUT2D eigenvalue weighted by atomic mass is 10.0. The molecule has 2 N–H and O–H groups in total. The van der Waals surface area contributed by atoms with Gasteiger partial charge in [0.25, 0.3) is 6.01 Å². The van der Waals surface area contributed by atoms with Crippen molar-refractivity contribution in [3.05, 3.63) is 48.0 Å². The summed E-state index contributed by atoms with van der Waals surface area (Å²) in [7, 11) is 1.61. The number of carboxylic acid groups (broad SMARTS) is 1. The summed E-state index contributed by atoms with van der Waals surface area (Å²) in [6, 6.07) is 12.9. The first-order chi connectivity index (χ1) is 11.1. The number of methoxy groups -OCH3 is 1. The Balaban J connectivity index is 1.85. The van der Waals surface area contributed by atoms with Crippen LogP contribution in [0.15, 0.2) is 46.9 Å². The second-order valence-electron chi connectivity index (χ2n) is 5.16. The number of hydrogen-bond acceptors (Lipinski definition) is 5. The monoisotopic (exact) mass is 312 g/mol. The summed E-state index contributed by atoms with van der Waals surface area (Å²) in [5.74, 6) is -0.705. The van der Waals surface area contributed by atoms with Crippen molar-refractivity contribution in [2.24, 2.45) is 0 Å². The predicted molar refractivity (Wildman–Crippen MR) is 86.3 cm³/mol. The van der Waals surface area contributed by atoms with E-state index in [0.29, 0.717) is 22.7 Å². The molecule has 0 saturated heterocycles. The molecule has 0 spiro atoms. The number of hydrogen-bond donors (Lipinski definition) is 2. The molecule has 3 rings (SSSR count). The Morgan fingerprint density at radius 1 is 1.26 bits per heavy atom. The molecular formula is C17H16N2O4. The Morgan fingerprint density at radius 3 is 2.65 bits per heavy atom. The maximum Gasteiger partial charge on any atom is 0.310 e. The summed E-state index contributed by atoms with van der Waals surface area (Å²) < 4.78 is 10.8. The van der Waals surface area contributed by atoms with Gasteiger partial charge in [-0.2, -0.15) is 4.98 Å². The largest absolute Gasteiger partial charge is 0.497 e. The van der Waals surface area contributed by atoms with E-state index in [0.717, 1.165) is 11.4 Å². The molecular weight excluding hydrogens is 296 g/mol. The fraction of sp³-hybridized carbons (Fsp3) is 0.176. The molecule has 0 fully saturated rings. The van der Waals surface area contributed by atoms with Crippen LogP contribution in [0.3, 0.4) is 0 Å². The number of ether oxygens (including phenoxy) is 1. The van der Waals surface area contributed by atoms with Gasteiger partial charge in [0.1, 0.15) is 11.3 Å². The Hall–Kier alpha value is -3.02. The van der Waals surface area contributed by atoms with Gasteiger partial charge in [0.2, 0.25) is 0 Å². The van der Waals surface area contributed by atoms with Crippen LogP contribution in [0, 0.1) is 0 Å². The standard InChI is InChI=1S/C17H16N2O4/c1-10(16(20)21)11-3-8-14-15(9-11)23-17(19-14)18-12-4-6-13(22-2)7-5-12/h3-10H,1-2H3,(H,18,19)(H,20,21). The molecule has 1 atom stereocenters. The zero-order valence-electron chi connectivity index (χ0n) is 12.7. The number of anilines is 2. The van der Waals surface area contributed by atoms with Crippen LogP contribution >= 0.6 is 0 Å². The van der Waals surface area contributed by atoms with E-state index in [2.05, 4.69) is 10.3 Å². The smallest absolute Gasteiger partial charge is 0.310 e. The van der Waals surface area contributed by atoms with E-state index in [1.54, 1.807) is 32.2 Å². The van der Waals surface area contributed by atoms with Crippen LogP contribution in [0.5, 0.6) is 5.75 Å². The van der Waals surface area contributed by atoms with E-state index in [1.807, 2.05) is 24.3 Å². The number of benzene rings is 2. The van der Waals surface area contributed by atoms with Crippen LogP contribution in [0.4, 0.5) is 11.7 Å². The lowest BCUT2D eigenvalue weighted by molar-refractivity contribution is -0.138. The van der Waals surface area contributed by atoms with Crippen molar-refractivity contribution in [2.45, 2.75) is 12.8 Å². The van der Waals surface area contributed by atoms with Gasteiger partial charge in [0.15, 0.2) is 5.58 Å². The fourth-order valence-electron chi connectivity index (χ4n) is 2.20. The number of rotatable bonds is 5. The van der Waals surface area contributed by atoms with Crippen LogP contribution in [-0.2, 0) is 4.79 Å². The Morgan fingerprint density at radius 2 is 2.00 bits per heavy atom. The molecule has 1 aromatic heterocycles. The summed E-state index contributed by atoms with van der Waals surface area (Å²) in [5, 5.41) is 12.1. The number of carbonyl (C=O) groups is 1. The third kappa shape index (κ3) is 3.11. The maximum atomic E-state index is 11.1. The summed E-state index contributed by atoms with van der Waals surface area (Å²) in [6.07, 6.45) is 0. The number of nitrogens with one attached hydrogen (secondary N) is 1. The molecule has 0 radical (unpaired) electrons. The van der Waals surface area contributed by atoms with Crippen LogP contribution < -0.4 is 10.1 Å². The van der Waals surface area contributed by atoms with Crippen LogP contribution in [0.1, 0.15) is 18.4 Å². The zero-order valence-corrected chi connectivity index (χ0v) is 12.7. The van der Waals surface area contributed by atoms with E-state index in [1.165, 1.54) is 0 Å². The van der Waals surface area contributed by atoms with E-state index in [4.69, 9.17) is 14.3 Å². The van der Waals surface area contributed by atoms with Gasteiger partial charge < -0.3 is 19.6 Å². The molecule has 0 aliphatic rings. The van der Waals surface area contributed by atoms with Gasteiger partial charge in [-0.1, -0.05) is 6.07 Å². The first-order valence-corrected chi connectivity index (χ1v) is 7.11. The highest BCUT2D eigenvalue weighted by Gasteiger charge is 2.15. The highest BCUT2D eigenvalue weighted by Crippen LogP contribution is 2.26. The SMILES string of the molecule is COc1ccc(Nc2nc3ccc(C(C)C(=O)O)cc3o2)cc1. The second kappa shape index (κ2) is 6.00. The molecule has 0 aliphatic heterocycles. The molecule has 6 heteroatoms. The number of aromatic nitrogens is 1. The summed E-state index contributed by atoms with van der Waals surface area (Å²) in [6.45, 7) is 1.64. The van der Waals surface area contributed by atoms with Crippen molar-refractivity contribution in [1.82, 2.24) is 4.98 Å². The lowest BCUT2D eigenvalue weighted by Crippen LogP contribution is -2.06. The highest BCUT2D eigenvalue weighted by atomic mass is 16.5. The molecule has 0 amide bonds. The van der Waals surface area contributed by atoms with Gasteiger partial charge in [-0.15, -0.1) is 0 Å². The second-order valence-corrected chi connectivity index (χ2v) is 5.16. The first-order valence-electron chi connectivity index (χ1n) is 7.11. The Kier molecular flexibility index (Phi) is 3.89. The van der Waals surface area contributed by atoms with E-state index in [-0.39, 0.29) is 0 Å². The third-order valence-electron chi connectivity index (χ3n) is 3.62. The minimum atomic E-state index is -0.875. The Labute approximate surface area is 132 Å². The van der Waals surface area contributed by atoms with Crippen molar-refractivity contribution in [1.29, 1.82) is 0 Å². The van der Waals surface area contributed by atoms with Crippen molar-refractivity contribution >= 4 is 28.8 Å². The van der Waals surface area contributed by atoms with E-state index in [9.17, 15) is 4.79 Å². The molecule has 23 heavy (non-hydrogen) atoms. The number of fused-ring (bicyclic) bond motifs is 1. The van der Waals surface area contributed by atoms with Crippen LogP contribution in [-0.4, -0.2) is 23.2 Å². The van der Waals surface area contributed by atoms with Gasteiger partial charge in [-0.25, -0.2) is 0 Å². The molecule has 0 bridgehead atoms. The maximum absolute atomic E-state index is 11.1. The fourth-order valence-corrected chi connectivity index (χ4v) is 2.20. The molecule has 1 heterocycles. The molecule has 0 saturated carbocycles. The summed E-state index contributed by atoms with van der Waals surface area (Å²) in [4.78, 5) is 15.4. The number of aliphatic carboxylic acids is 1. The Bertz CT molecular complexity index is 839. The summed E-state index contributed by atoms with van der Waals surface area (Å²) in [5.41, 5.74) is 2.71. The molecule has 6 nitrogen and oxygen atoms in total. The van der Waals surface area contributed by atoms with Crippen molar-refractivity contribution < 1.29 is 19.1 Å². The molecule has 0 aliphatic carbocycles. The number of nitrogens with zero attached hydrogens (tertiary/aromatic N) is 1. The quantitative estimate of drug-likeness (QED) is 0.746. The van der Waals surface area contributed by atoms with Crippen molar-refractivity contribution in [3.8, 4) is 5.75 Å². The molecule has 1 unspecified atom stereocenters. The normalized spacial score (nSPS) is 12.1. The lowest BCUT2D eigenvalue weighted by Gasteiger charge is -2.04. The average Bonchev–Trinajstić information content (AvgIpc) is 2.96. The molecule has 3 aromatic rings. The predicted octanol–water partition coefficient (Wildman–Crippen LogP) is 3.77. The average molecular weight is 312 g/mol. The minimum Gasteiger partial charge on any atom is -0.497 e. The van der Waals surface area contributed by atoms with Gasteiger partial charge in [0, 0.05) is 5.69 Å². The summed E-state index contributed by atoms with van der Waals surface area (Å²) >= 11 is 0. The number of carboxylic acids is 1. The molecule has 118 valence electrons. The van der Waals surface area contributed by atoms with Crippen LogP contribution in [0.25, 0.3) is 11.1 Å².